The van der Waals surface area contributed by atoms with Gasteiger partial charge in [-0.15, -0.1) is 0 Å². The number of aromatic nitrogens is 3. The van der Waals surface area contributed by atoms with Crippen molar-refractivity contribution in [3.63, 3.8) is 0 Å². The fraction of sp³-hybridized carbons (Fsp3) is 0.438. The van der Waals surface area contributed by atoms with E-state index < -0.39 is 0 Å². The number of nitrogens with one attached hydrogen (secondary N) is 1. The first-order chi connectivity index (χ1) is 10.8. The zero-order valence-corrected chi connectivity index (χ0v) is 13.1. The van der Waals surface area contributed by atoms with Crippen LogP contribution in [0, 0.1) is 0 Å². The molecule has 0 aliphatic carbocycles. The Hall–Kier alpha value is -2.37. The minimum atomic E-state index is 0.530. The van der Waals surface area contributed by atoms with Crippen molar-refractivity contribution in [2.75, 3.05) is 20.1 Å². The second-order valence-corrected chi connectivity index (χ2v) is 5.60. The van der Waals surface area contributed by atoms with Crippen LogP contribution in [0.4, 0.5) is 0 Å². The molecule has 1 fully saturated rings. The molecule has 1 aliphatic rings. The Bertz CT molecular complexity index is 633. The maximum Gasteiger partial charge on any atom is 0.193 e. The van der Waals surface area contributed by atoms with E-state index in [0.29, 0.717) is 12.5 Å². The molecule has 0 amide bonds. The molecule has 6 heteroatoms. The highest BCUT2D eigenvalue weighted by Crippen LogP contribution is 2.26. The molecular formula is C16H22N6. The molecule has 1 unspecified atom stereocenters. The SMILES string of the molecule is CN=C(NCc1ccccn1)N1CCC(c2cnn(C)c2)C1. The van der Waals surface area contributed by atoms with Gasteiger partial charge in [0.25, 0.3) is 0 Å². The molecule has 0 spiro atoms. The lowest BCUT2D eigenvalue weighted by Crippen LogP contribution is -2.39. The molecule has 1 saturated heterocycles. The van der Waals surface area contributed by atoms with E-state index in [4.69, 9.17) is 0 Å². The number of pyridine rings is 1. The van der Waals surface area contributed by atoms with Gasteiger partial charge in [0.1, 0.15) is 0 Å². The smallest absolute Gasteiger partial charge is 0.193 e. The van der Waals surface area contributed by atoms with Crippen LogP contribution in [0.5, 0.6) is 0 Å². The zero-order valence-electron chi connectivity index (χ0n) is 13.1. The summed E-state index contributed by atoms with van der Waals surface area (Å²) in [6, 6.07) is 5.95. The molecular weight excluding hydrogens is 276 g/mol. The van der Waals surface area contributed by atoms with Crippen molar-refractivity contribution in [3.05, 3.63) is 48.0 Å². The summed E-state index contributed by atoms with van der Waals surface area (Å²) in [6.07, 6.45) is 7.03. The van der Waals surface area contributed by atoms with E-state index in [2.05, 4.69) is 31.5 Å². The quantitative estimate of drug-likeness (QED) is 0.687. The number of rotatable bonds is 3. The van der Waals surface area contributed by atoms with Gasteiger partial charge in [0.05, 0.1) is 18.4 Å². The number of guanidine groups is 1. The summed E-state index contributed by atoms with van der Waals surface area (Å²) in [4.78, 5) is 11.0. The molecule has 116 valence electrons. The average Bonchev–Trinajstić information content (AvgIpc) is 3.18. The molecule has 3 rings (SSSR count). The molecule has 1 aliphatic heterocycles. The second-order valence-electron chi connectivity index (χ2n) is 5.60. The van der Waals surface area contributed by atoms with Gasteiger partial charge in [-0.3, -0.25) is 14.7 Å². The van der Waals surface area contributed by atoms with Crippen molar-refractivity contribution in [1.29, 1.82) is 0 Å². The number of aliphatic imine (C=N–C) groups is 1. The molecule has 3 heterocycles. The summed E-state index contributed by atoms with van der Waals surface area (Å²) in [5.74, 6) is 1.47. The lowest BCUT2D eigenvalue weighted by molar-refractivity contribution is 0.485. The van der Waals surface area contributed by atoms with Gasteiger partial charge in [-0.2, -0.15) is 5.10 Å². The lowest BCUT2D eigenvalue weighted by atomic mass is 10.0. The number of nitrogens with zero attached hydrogens (tertiary/aromatic N) is 5. The van der Waals surface area contributed by atoms with Crippen LogP contribution in [0.2, 0.25) is 0 Å². The van der Waals surface area contributed by atoms with Gasteiger partial charge in [0, 0.05) is 45.5 Å². The summed E-state index contributed by atoms with van der Waals surface area (Å²) >= 11 is 0. The Balaban J connectivity index is 1.58. The van der Waals surface area contributed by atoms with E-state index in [9.17, 15) is 0 Å². The van der Waals surface area contributed by atoms with E-state index in [1.807, 2.05) is 49.4 Å². The van der Waals surface area contributed by atoms with Crippen molar-refractivity contribution >= 4 is 5.96 Å². The maximum atomic E-state index is 4.40. The van der Waals surface area contributed by atoms with Gasteiger partial charge in [-0.1, -0.05) is 6.07 Å². The van der Waals surface area contributed by atoms with Gasteiger partial charge in [-0.05, 0) is 24.1 Å². The minimum absolute atomic E-state index is 0.530. The first-order valence-corrected chi connectivity index (χ1v) is 7.60. The van der Waals surface area contributed by atoms with E-state index in [0.717, 1.165) is 31.2 Å². The van der Waals surface area contributed by atoms with Crippen LogP contribution in [-0.2, 0) is 13.6 Å². The normalized spacial score (nSPS) is 18.7. The fourth-order valence-electron chi connectivity index (χ4n) is 2.88. The van der Waals surface area contributed by atoms with Crippen molar-refractivity contribution in [1.82, 2.24) is 25.0 Å². The maximum absolute atomic E-state index is 4.40. The number of hydrogen-bond donors (Lipinski definition) is 1. The number of likely N-dealkylation sites (tertiary alicyclic amines) is 1. The van der Waals surface area contributed by atoms with Gasteiger partial charge >= 0.3 is 0 Å². The van der Waals surface area contributed by atoms with E-state index in [1.165, 1.54) is 5.56 Å². The minimum Gasteiger partial charge on any atom is -0.351 e. The molecule has 0 aromatic carbocycles. The summed E-state index contributed by atoms with van der Waals surface area (Å²) < 4.78 is 1.87. The van der Waals surface area contributed by atoms with Crippen molar-refractivity contribution in [3.8, 4) is 0 Å². The van der Waals surface area contributed by atoms with E-state index in [-0.39, 0.29) is 0 Å². The highest BCUT2D eigenvalue weighted by molar-refractivity contribution is 5.80. The summed E-state index contributed by atoms with van der Waals surface area (Å²) in [7, 11) is 3.79. The van der Waals surface area contributed by atoms with Crippen LogP contribution in [0.1, 0.15) is 23.6 Å². The average molecular weight is 298 g/mol. The number of hydrogen-bond acceptors (Lipinski definition) is 3. The van der Waals surface area contributed by atoms with Gasteiger partial charge in [0.2, 0.25) is 0 Å². The van der Waals surface area contributed by atoms with Gasteiger partial charge < -0.3 is 10.2 Å². The Kier molecular flexibility index (Phi) is 4.37. The van der Waals surface area contributed by atoms with E-state index in [1.54, 1.807) is 0 Å². The molecule has 2 aromatic rings. The van der Waals surface area contributed by atoms with Crippen LogP contribution in [-0.4, -0.2) is 45.8 Å². The Labute approximate surface area is 130 Å². The largest absolute Gasteiger partial charge is 0.351 e. The standard InChI is InChI=1S/C16H22N6/c1-17-16(19-10-15-5-3-4-7-18-15)22-8-6-13(12-22)14-9-20-21(2)11-14/h3-5,7,9,11,13H,6,8,10,12H2,1-2H3,(H,17,19). The predicted molar refractivity (Wildman–Crippen MR) is 86.6 cm³/mol. The lowest BCUT2D eigenvalue weighted by Gasteiger charge is -2.21. The summed E-state index contributed by atoms with van der Waals surface area (Å²) in [5.41, 5.74) is 2.33. The second kappa shape index (κ2) is 6.60. The Morgan fingerprint density at radius 1 is 1.45 bits per heavy atom. The number of aryl methyl sites for hydroxylation is 1. The third kappa shape index (κ3) is 3.27. The third-order valence-electron chi connectivity index (χ3n) is 4.05. The van der Waals surface area contributed by atoms with Crippen LogP contribution < -0.4 is 5.32 Å². The Morgan fingerprint density at radius 3 is 3.05 bits per heavy atom. The molecule has 22 heavy (non-hydrogen) atoms. The monoisotopic (exact) mass is 298 g/mol. The molecule has 1 atom stereocenters. The molecule has 2 aromatic heterocycles. The molecule has 0 bridgehead atoms. The highest BCUT2D eigenvalue weighted by atomic mass is 15.3. The molecule has 0 radical (unpaired) electrons. The van der Waals surface area contributed by atoms with Gasteiger partial charge in [-0.25, -0.2) is 0 Å². The van der Waals surface area contributed by atoms with Crippen LogP contribution >= 0.6 is 0 Å². The predicted octanol–water partition coefficient (Wildman–Crippen LogP) is 1.38. The third-order valence-corrected chi connectivity index (χ3v) is 4.05. The summed E-state index contributed by atoms with van der Waals surface area (Å²) in [5, 5.41) is 7.67. The van der Waals surface area contributed by atoms with Crippen LogP contribution in [0.15, 0.2) is 41.8 Å². The van der Waals surface area contributed by atoms with Crippen molar-refractivity contribution < 1.29 is 0 Å². The topological polar surface area (TPSA) is 58.3 Å². The molecule has 0 saturated carbocycles. The van der Waals surface area contributed by atoms with Crippen LogP contribution in [0.3, 0.4) is 0 Å². The first-order valence-electron chi connectivity index (χ1n) is 7.60. The Morgan fingerprint density at radius 2 is 2.36 bits per heavy atom. The fourth-order valence-corrected chi connectivity index (χ4v) is 2.88. The van der Waals surface area contributed by atoms with Crippen molar-refractivity contribution in [2.45, 2.75) is 18.9 Å². The highest BCUT2D eigenvalue weighted by Gasteiger charge is 2.26. The van der Waals surface area contributed by atoms with Crippen LogP contribution in [0.25, 0.3) is 0 Å². The summed E-state index contributed by atoms with van der Waals surface area (Å²) in [6.45, 7) is 2.69. The van der Waals surface area contributed by atoms with Crippen molar-refractivity contribution in [2.24, 2.45) is 12.0 Å². The zero-order chi connectivity index (χ0) is 15.4. The first kappa shape index (κ1) is 14.6. The molecule has 1 N–H and O–H groups in total. The van der Waals surface area contributed by atoms with Gasteiger partial charge in [0.15, 0.2) is 5.96 Å². The molecule has 6 nitrogen and oxygen atoms in total. The van der Waals surface area contributed by atoms with E-state index >= 15 is 0 Å².